The Bertz CT molecular complexity index is 611. The van der Waals surface area contributed by atoms with Crippen LogP contribution in [0.4, 0.5) is 5.69 Å². The van der Waals surface area contributed by atoms with Crippen molar-refractivity contribution < 1.29 is 9.66 Å². The first-order valence-electron chi connectivity index (χ1n) is 6.72. The van der Waals surface area contributed by atoms with Gasteiger partial charge in [-0.3, -0.25) is 10.1 Å². The molecule has 0 aliphatic carbocycles. The summed E-state index contributed by atoms with van der Waals surface area (Å²) in [5, 5.41) is 10.7. The molecule has 0 amide bonds. The SMILES string of the molecule is COc1ccccc1C(CN)Cc1ccc([N+](=O)[O-])cc1. The molecule has 2 aromatic rings. The van der Waals surface area contributed by atoms with E-state index in [1.54, 1.807) is 19.2 Å². The summed E-state index contributed by atoms with van der Waals surface area (Å²) in [4.78, 5) is 10.3. The molecule has 5 heteroatoms. The summed E-state index contributed by atoms with van der Waals surface area (Å²) in [6.07, 6.45) is 0.717. The first-order chi connectivity index (χ1) is 10.2. The highest BCUT2D eigenvalue weighted by atomic mass is 16.6. The maximum Gasteiger partial charge on any atom is 0.269 e. The lowest BCUT2D eigenvalue weighted by Gasteiger charge is -2.18. The molecule has 2 N–H and O–H groups in total. The van der Waals surface area contributed by atoms with E-state index in [0.29, 0.717) is 6.54 Å². The number of rotatable bonds is 6. The van der Waals surface area contributed by atoms with Gasteiger partial charge in [-0.05, 0) is 30.2 Å². The van der Waals surface area contributed by atoms with E-state index in [9.17, 15) is 10.1 Å². The minimum atomic E-state index is -0.398. The zero-order valence-electron chi connectivity index (χ0n) is 11.9. The summed E-state index contributed by atoms with van der Waals surface area (Å²) in [7, 11) is 1.64. The molecule has 2 rings (SSSR count). The Morgan fingerprint density at radius 3 is 2.43 bits per heavy atom. The fraction of sp³-hybridized carbons (Fsp3) is 0.250. The van der Waals surface area contributed by atoms with Gasteiger partial charge < -0.3 is 10.5 Å². The van der Waals surface area contributed by atoms with E-state index >= 15 is 0 Å². The predicted octanol–water partition coefficient (Wildman–Crippen LogP) is 2.89. The molecule has 0 saturated heterocycles. The normalized spacial score (nSPS) is 11.9. The second-order valence-electron chi connectivity index (χ2n) is 4.80. The van der Waals surface area contributed by atoms with Gasteiger partial charge >= 0.3 is 0 Å². The molecule has 0 aromatic heterocycles. The highest BCUT2D eigenvalue weighted by Gasteiger charge is 2.15. The second-order valence-corrected chi connectivity index (χ2v) is 4.80. The molecule has 21 heavy (non-hydrogen) atoms. The molecule has 1 unspecified atom stereocenters. The molecule has 5 nitrogen and oxygen atoms in total. The third-order valence-corrected chi connectivity index (χ3v) is 3.49. The Balaban J connectivity index is 2.20. The van der Waals surface area contributed by atoms with Crippen LogP contribution < -0.4 is 10.5 Å². The average molecular weight is 286 g/mol. The number of para-hydroxylation sites is 1. The number of hydrogen-bond acceptors (Lipinski definition) is 4. The van der Waals surface area contributed by atoms with Gasteiger partial charge in [-0.2, -0.15) is 0 Å². The first kappa shape index (κ1) is 15.0. The largest absolute Gasteiger partial charge is 0.496 e. The highest BCUT2D eigenvalue weighted by molar-refractivity contribution is 5.39. The number of nitrogens with zero attached hydrogens (tertiary/aromatic N) is 1. The molecule has 0 spiro atoms. The fourth-order valence-electron chi connectivity index (χ4n) is 2.36. The Morgan fingerprint density at radius 2 is 1.86 bits per heavy atom. The maximum atomic E-state index is 10.7. The minimum absolute atomic E-state index is 0.0975. The number of nitro groups is 1. The van der Waals surface area contributed by atoms with Gasteiger partial charge in [0.2, 0.25) is 0 Å². The van der Waals surface area contributed by atoms with Crippen molar-refractivity contribution in [1.82, 2.24) is 0 Å². The van der Waals surface area contributed by atoms with Crippen LogP contribution in [0.5, 0.6) is 5.75 Å². The molecule has 0 fully saturated rings. The van der Waals surface area contributed by atoms with Crippen LogP contribution in [0.1, 0.15) is 17.0 Å². The first-order valence-corrected chi connectivity index (χ1v) is 6.72. The van der Waals surface area contributed by atoms with E-state index in [-0.39, 0.29) is 11.6 Å². The van der Waals surface area contributed by atoms with Crippen LogP contribution in [0.25, 0.3) is 0 Å². The zero-order valence-corrected chi connectivity index (χ0v) is 11.9. The van der Waals surface area contributed by atoms with E-state index in [2.05, 4.69) is 0 Å². The van der Waals surface area contributed by atoms with E-state index in [1.807, 2.05) is 24.3 Å². The summed E-state index contributed by atoms with van der Waals surface area (Å²) >= 11 is 0. The molecule has 0 bridgehead atoms. The molecule has 0 heterocycles. The fourth-order valence-corrected chi connectivity index (χ4v) is 2.36. The smallest absolute Gasteiger partial charge is 0.269 e. The van der Waals surface area contributed by atoms with Gasteiger partial charge in [0.1, 0.15) is 5.75 Å². The van der Waals surface area contributed by atoms with E-state index in [4.69, 9.17) is 10.5 Å². The predicted molar refractivity (Wildman–Crippen MR) is 81.6 cm³/mol. The summed E-state index contributed by atoms with van der Waals surface area (Å²) < 4.78 is 5.37. The van der Waals surface area contributed by atoms with Crippen molar-refractivity contribution >= 4 is 5.69 Å². The molecular formula is C16H18N2O3. The highest BCUT2D eigenvalue weighted by Crippen LogP contribution is 2.28. The lowest BCUT2D eigenvalue weighted by Crippen LogP contribution is -2.16. The van der Waals surface area contributed by atoms with Crippen molar-refractivity contribution in [1.29, 1.82) is 0 Å². The average Bonchev–Trinajstić information content (AvgIpc) is 2.53. The van der Waals surface area contributed by atoms with E-state index in [0.717, 1.165) is 23.3 Å². The maximum absolute atomic E-state index is 10.7. The molecule has 0 radical (unpaired) electrons. The molecule has 0 saturated carbocycles. The molecule has 2 aromatic carbocycles. The topological polar surface area (TPSA) is 78.4 Å². The quantitative estimate of drug-likeness (QED) is 0.654. The van der Waals surface area contributed by atoms with Crippen LogP contribution in [-0.2, 0) is 6.42 Å². The Hall–Kier alpha value is -2.40. The van der Waals surface area contributed by atoms with Crippen molar-refractivity contribution in [2.45, 2.75) is 12.3 Å². The number of nitrogens with two attached hydrogens (primary N) is 1. The van der Waals surface area contributed by atoms with Crippen LogP contribution in [-0.4, -0.2) is 18.6 Å². The summed E-state index contributed by atoms with van der Waals surface area (Å²) in [5.74, 6) is 0.928. The standard InChI is InChI=1S/C16H18N2O3/c1-21-16-5-3-2-4-15(16)13(11-17)10-12-6-8-14(9-7-12)18(19)20/h2-9,13H,10-11,17H2,1H3. The number of methoxy groups -OCH3 is 1. The van der Waals surface area contributed by atoms with Crippen LogP contribution in [0.15, 0.2) is 48.5 Å². The van der Waals surface area contributed by atoms with Crippen molar-refractivity contribution in [3.8, 4) is 5.75 Å². The number of non-ortho nitro benzene ring substituents is 1. The van der Waals surface area contributed by atoms with Gasteiger partial charge in [0.05, 0.1) is 12.0 Å². The Morgan fingerprint density at radius 1 is 1.19 bits per heavy atom. The van der Waals surface area contributed by atoms with E-state index in [1.165, 1.54) is 12.1 Å². The van der Waals surface area contributed by atoms with Gasteiger partial charge in [0.25, 0.3) is 5.69 Å². The van der Waals surface area contributed by atoms with Gasteiger partial charge in [0, 0.05) is 18.1 Å². The van der Waals surface area contributed by atoms with Crippen LogP contribution in [0.2, 0.25) is 0 Å². The van der Waals surface area contributed by atoms with Gasteiger partial charge in [0.15, 0.2) is 0 Å². The molecule has 110 valence electrons. The Kier molecular flexibility index (Phi) is 4.90. The van der Waals surface area contributed by atoms with E-state index < -0.39 is 4.92 Å². The van der Waals surface area contributed by atoms with Crippen molar-refractivity contribution in [3.63, 3.8) is 0 Å². The number of ether oxygens (including phenoxy) is 1. The minimum Gasteiger partial charge on any atom is -0.496 e. The van der Waals surface area contributed by atoms with Crippen molar-refractivity contribution in [2.24, 2.45) is 5.73 Å². The van der Waals surface area contributed by atoms with Crippen LogP contribution in [0.3, 0.4) is 0 Å². The summed E-state index contributed by atoms with van der Waals surface area (Å²) in [6, 6.07) is 14.4. The summed E-state index contributed by atoms with van der Waals surface area (Å²) in [6.45, 7) is 0.483. The zero-order chi connectivity index (χ0) is 15.2. The lowest BCUT2D eigenvalue weighted by atomic mass is 9.91. The number of benzene rings is 2. The monoisotopic (exact) mass is 286 g/mol. The van der Waals surface area contributed by atoms with Gasteiger partial charge in [-0.15, -0.1) is 0 Å². The van der Waals surface area contributed by atoms with Gasteiger partial charge in [-0.25, -0.2) is 0 Å². The summed E-state index contributed by atoms with van der Waals surface area (Å²) in [5.41, 5.74) is 8.06. The van der Waals surface area contributed by atoms with Crippen LogP contribution in [0, 0.1) is 10.1 Å². The molecule has 1 atom stereocenters. The van der Waals surface area contributed by atoms with Crippen molar-refractivity contribution in [2.75, 3.05) is 13.7 Å². The molecule has 0 aliphatic heterocycles. The molecular weight excluding hydrogens is 268 g/mol. The second kappa shape index (κ2) is 6.85. The third-order valence-electron chi connectivity index (χ3n) is 3.49. The number of nitro benzene ring substituents is 1. The third kappa shape index (κ3) is 3.58. The number of hydrogen-bond donors (Lipinski definition) is 1. The molecule has 0 aliphatic rings. The Labute approximate surface area is 123 Å². The van der Waals surface area contributed by atoms with Crippen LogP contribution >= 0.6 is 0 Å². The van der Waals surface area contributed by atoms with Crippen molar-refractivity contribution in [3.05, 3.63) is 69.8 Å². The lowest BCUT2D eigenvalue weighted by molar-refractivity contribution is -0.384. The van der Waals surface area contributed by atoms with Gasteiger partial charge in [-0.1, -0.05) is 30.3 Å².